The summed E-state index contributed by atoms with van der Waals surface area (Å²) in [5.41, 5.74) is 4.20. The van der Waals surface area contributed by atoms with Crippen molar-refractivity contribution >= 4 is 34.2 Å². The standard InChI is InChI=1S/C20H19N3OS/c1-2-13-11-19(25-18-10-6-5-9-17(18)24)23-16-8-4-3-7-15(16)22-20(23)14(13)12-21/h3-4,7-8,11,18H,2,5-6,9-10H2,1H3/t18-/m0/s1. The quantitative estimate of drug-likeness (QED) is 0.697. The number of hydrogen-bond acceptors (Lipinski definition) is 4. The minimum absolute atomic E-state index is 0.00996. The Hall–Kier alpha value is -2.32. The summed E-state index contributed by atoms with van der Waals surface area (Å²) >= 11 is 1.63. The van der Waals surface area contributed by atoms with Gasteiger partial charge in [0.05, 0.1) is 26.9 Å². The number of para-hydroxylation sites is 2. The van der Waals surface area contributed by atoms with E-state index in [1.807, 2.05) is 24.3 Å². The fourth-order valence-electron chi connectivity index (χ4n) is 3.55. The monoisotopic (exact) mass is 349 g/mol. The lowest BCUT2D eigenvalue weighted by Crippen LogP contribution is -2.21. The molecule has 4 rings (SSSR count). The average molecular weight is 349 g/mol. The van der Waals surface area contributed by atoms with Crippen LogP contribution in [0.15, 0.2) is 35.4 Å². The molecule has 0 amide bonds. The molecule has 1 saturated carbocycles. The molecule has 4 nitrogen and oxygen atoms in total. The van der Waals surface area contributed by atoms with Gasteiger partial charge in [-0.05, 0) is 43.0 Å². The minimum Gasteiger partial charge on any atom is -0.298 e. The van der Waals surface area contributed by atoms with Crippen LogP contribution in [-0.2, 0) is 11.2 Å². The summed E-state index contributed by atoms with van der Waals surface area (Å²) in [6.45, 7) is 2.05. The molecule has 0 N–H and O–H groups in total. The van der Waals surface area contributed by atoms with Crippen LogP contribution in [0.5, 0.6) is 0 Å². The first-order valence-electron chi connectivity index (χ1n) is 8.75. The van der Waals surface area contributed by atoms with E-state index in [2.05, 4.69) is 23.5 Å². The van der Waals surface area contributed by atoms with E-state index in [0.717, 1.165) is 47.3 Å². The number of nitriles is 1. The number of thioether (sulfide) groups is 1. The van der Waals surface area contributed by atoms with Crippen molar-refractivity contribution < 1.29 is 4.79 Å². The van der Waals surface area contributed by atoms with Gasteiger partial charge < -0.3 is 0 Å². The molecule has 3 aromatic rings. The van der Waals surface area contributed by atoms with Gasteiger partial charge in [-0.3, -0.25) is 9.20 Å². The normalized spacial score (nSPS) is 17.9. The molecule has 0 aliphatic heterocycles. The number of benzene rings is 1. The van der Waals surface area contributed by atoms with E-state index in [1.165, 1.54) is 0 Å². The predicted molar refractivity (Wildman–Crippen MR) is 99.9 cm³/mol. The summed E-state index contributed by atoms with van der Waals surface area (Å²) in [7, 11) is 0. The second-order valence-corrected chi connectivity index (χ2v) is 7.65. The molecule has 126 valence electrons. The Balaban J connectivity index is 1.96. The summed E-state index contributed by atoms with van der Waals surface area (Å²) in [4.78, 5) is 17.0. The van der Waals surface area contributed by atoms with Crippen molar-refractivity contribution in [3.8, 4) is 6.07 Å². The van der Waals surface area contributed by atoms with Crippen LogP contribution in [0.2, 0.25) is 0 Å². The molecule has 0 bridgehead atoms. The largest absolute Gasteiger partial charge is 0.298 e. The second kappa shape index (κ2) is 6.53. The first-order chi connectivity index (χ1) is 12.2. The van der Waals surface area contributed by atoms with E-state index in [9.17, 15) is 10.1 Å². The van der Waals surface area contributed by atoms with Gasteiger partial charge in [-0.25, -0.2) is 4.98 Å². The molecule has 0 spiro atoms. The number of imidazole rings is 1. The minimum atomic E-state index is 0.00996. The van der Waals surface area contributed by atoms with Crippen molar-refractivity contribution in [2.24, 2.45) is 0 Å². The van der Waals surface area contributed by atoms with Crippen LogP contribution in [0, 0.1) is 11.3 Å². The molecular weight excluding hydrogens is 330 g/mol. The van der Waals surface area contributed by atoms with Crippen molar-refractivity contribution in [2.75, 3.05) is 0 Å². The number of pyridine rings is 1. The van der Waals surface area contributed by atoms with Gasteiger partial charge in [-0.2, -0.15) is 5.26 Å². The lowest BCUT2D eigenvalue weighted by atomic mass is 9.99. The van der Waals surface area contributed by atoms with Gasteiger partial charge in [0.2, 0.25) is 0 Å². The molecule has 1 atom stereocenters. The average Bonchev–Trinajstić information content (AvgIpc) is 3.02. The van der Waals surface area contributed by atoms with E-state index in [4.69, 9.17) is 4.98 Å². The molecule has 0 radical (unpaired) electrons. The number of carbonyl (C=O) groups excluding carboxylic acids is 1. The molecule has 1 aliphatic carbocycles. The second-order valence-electron chi connectivity index (χ2n) is 6.43. The Morgan fingerprint density at radius 3 is 2.96 bits per heavy atom. The van der Waals surface area contributed by atoms with Crippen molar-refractivity contribution in [1.29, 1.82) is 5.26 Å². The maximum absolute atomic E-state index is 12.3. The number of fused-ring (bicyclic) bond motifs is 3. The fraction of sp³-hybridized carbons (Fsp3) is 0.350. The smallest absolute Gasteiger partial charge is 0.157 e. The highest BCUT2D eigenvalue weighted by atomic mass is 32.2. The van der Waals surface area contributed by atoms with Gasteiger partial charge in [0.15, 0.2) is 5.65 Å². The number of ketones is 1. The number of aryl methyl sites for hydroxylation is 1. The summed E-state index contributed by atoms with van der Waals surface area (Å²) in [6, 6.07) is 12.3. The number of hydrogen-bond donors (Lipinski definition) is 0. The highest BCUT2D eigenvalue weighted by Crippen LogP contribution is 2.35. The van der Waals surface area contributed by atoms with Crippen molar-refractivity contribution in [3.63, 3.8) is 0 Å². The lowest BCUT2D eigenvalue weighted by Gasteiger charge is -2.21. The number of Topliss-reactive ketones (excluding diaryl/α,β-unsaturated/α-hetero) is 1. The summed E-state index contributed by atoms with van der Waals surface area (Å²) in [6.07, 6.45) is 4.50. The van der Waals surface area contributed by atoms with E-state index < -0.39 is 0 Å². The topological polar surface area (TPSA) is 58.2 Å². The SMILES string of the molecule is CCc1cc(S[C@H]2CCCCC2=O)n2c(nc3ccccc32)c1C#N. The maximum atomic E-state index is 12.3. The van der Waals surface area contributed by atoms with Crippen LogP contribution >= 0.6 is 11.8 Å². The first-order valence-corrected chi connectivity index (χ1v) is 9.63. The molecular formula is C20H19N3OS. The third-order valence-electron chi connectivity index (χ3n) is 4.88. The van der Waals surface area contributed by atoms with Gasteiger partial charge in [-0.1, -0.05) is 37.2 Å². The molecule has 0 unspecified atom stereocenters. The molecule has 2 aromatic heterocycles. The van der Waals surface area contributed by atoms with Crippen molar-refractivity contribution in [3.05, 3.63) is 41.5 Å². The summed E-state index contributed by atoms with van der Waals surface area (Å²) in [5.74, 6) is 0.344. The van der Waals surface area contributed by atoms with Gasteiger partial charge in [0.25, 0.3) is 0 Å². The fourth-order valence-corrected chi connectivity index (χ4v) is 4.88. The third-order valence-corrected chi connectivity index (χ3v) is 6.20. The zero-order valence-electron chi connectivity index (χ0n) is 14.2. The predicted octanol–water partition coefficient (Wildman–Crippen LogP) is 4.53. The van der Waals surface area contributed by atoms with Gasteiger partial charge in [0.1, 0.15) is 11.9 Å². The molecule has 0 saturated heterocycles. The van der Waals surface area contributed by atoms with E-state index >= 15 is 0 Å². The van der Waals surface area contributed by atoms with E-state index in [0.29, 0.717) is 23.4 Å². The van der Waals surface area contributed by atoms with E-state index in [1.54, 1.807) is 11.8 Å². The summed E-state index contributed by atoms with van der Waals surface area (Å²) in [5, 5.41) is 10.7. The van der Waals surface area contributed by atoms with Crippen LogP contribution < -0.4 is 0 Å². The number of rotatable bonds is 3. The zero-order valence-corrected chi connectivity index (χ0v) is 15.0. The Kier molecular flexibility index (Phi) is 4.22. The van der Waals surface area contributed by atoms with E-state index in [-0.39, 0.29) is 5.25 Å². The molecule has 1 aliphatic rings. The number of aromatic nitrogens is 2. The van der Waals surface area contributed by atoms with Crippen LogP contribution in [0.4, 0.5) is 0 Å². The van der Waals surface area contributed by atoms with Crippen LogP contribution in [0.25, 0.3) is 16.7 Å². The van der Waals surface area contributed by atoms with Gasteiger partial charge >= 0.3 is 0 Å². The molecule has 1 aromatic carbocycles. The Morgan fingerprint density at radius 2 is 2.20 bits per heavy atom. The Labute approximate surface area is 150 Å². The van der Waals surface area contributed by atoms with Crippen LogP contribution in [0.1, 0.15) is 43.7 Å². The number of nitrogens with zero attached hydrogens (tertiary/aromatic N) is 3. The molecule has 1 fully saturated rings. The highest BCUT2D eigenvalue weighted by molar-refractivity contribution is 8.00. The third kappa shape index (κ3) is 2.71. The lowest BCUT2D eigenvalue weighted by molar-refractivity contribution is -0.119. The van der Waals surface area contributed by atoms with Crippen molar-refractivity contribution in [1.82, 2.24) is 9.38 Å². The molecule has 5 heteroatoms. The molecule has 2 heterocycles. The first kappa shape index (κ1) is 16.2. The zero-order chi connectivity index (χ0) is 17.4. The molecule has 25 heavy (non-hydrogen) atoms. The Bertz CT molecular complexity index is 1020. The Morgan fingerprint density at radius 1 is 1.36 bits per heavy atom. The van der Waals surface area contributed by atoms with Crippen LogP contribution in [0.3, 0.4) is 0 Å². The highest BCUT2D eigenvalue weighted by Gasteiger charge is 2.25. The van der Waals surface area contributed by atoms with Gasteiger partial charge in [-0.15, -0.1) is 0 Å². The van der Waals surface area contributed by atoms with Gasteiger partial charge in [0, 0.05) is 6.42 Å². The summed E-state index contributed by atoms with van der Waals surface area (Å²) < 4.78 is 2.06. The van der Waals surface area contributed by atoms with Crippen molar-refractivity contribution in [2.45, 2.75) is 49.3 Å². The number of carbonyl (C=O) groups is 1. The maximum Gasteiger partial charge on any atom is 0.157 e. The van der Waals surface area contributed by atoms with Crippen LogP contribution in [-0.4, -0.2) is 20.4 Å².